The molecule has 0 bridgehead atoms. The van der Waals surface area contributed by atoms with Crippen LogP contribution < -0.4 is 14.8 Å². The molecule has 0 radical (unpaired) electrons. The standard InChI is InChI=1S/C22H26ClNO5/c1-4-11-28-21-18(23)12-17(13-19(21)27-3)22(26)29-14-20(25)24-10-9-16-8-6-5-7-15(16)2/h5-8,12-13H,4,9-11,14H2,1-3H3,(H,24,25). The fourth-order valence-corrected chi connectivity index (χ4v) is 2.94. The number of carbonyl (C=O) groups excluding carboxylic acids is 2. The number of ether oxygens (including phenoxy) is 3. The molecule has 29 heavy (non-hydrogen) atoms. The van der Waals surface area contributed by atoms with Crippen LogP contribution in [0, 0.1) is 6.92 Å². The molecule has 6 nitrogen and oxygen atoms in total. The largest absolute Gasteiger partial charge is 0.493 e. The Morgan fingerprint density at radius 2 is 1.93 bits per heavy atom. The first-order valence-electron chi connectivity index (χ1n) is 9.45. The van der Waals surface area contributed by atoms with E-state index in [9.17, 15) is 9.59 Å². The van der Waals surface area contributed by atoms with Crippen LogP contribution in [0.2, 0.25) is 5.02 Å². The molecule has 0 atom stereocenters. The molecular formula is C22H26ClNO5. The van der Waals surface area contributed by atoms with Crippen molar-refractivity contribution in [3.63, 3.8) is 0 Å². The van der Waals surface area contributed by atoms with Gasteiger partial charge in [0, 0.05) is 6.54 Å². The summed E-state index contributed by atoms with van der Waals surface area (Å²) in [6.45, 7) is 4.56. The molecular weight excluding hydrogens is 394 g/mol. The Kier molecular flexibility index (Phi) is 8.80. The smallest absolute Gasteiger partial charge is 0.338 e. The maximum absolute atomic E-state index is 12.3. The lowest BCUT2D eigenvalue weighted by molar-refractivity contribution is -0.124. The summed E-state index contributed by atoms with van der Waals surface area (Å²) in [5.74, 6) is -0.323. The molecule has 0 aromatic heterocycles. The van der Waals surface area contributed by atoms with Crippen molar-refractivity contribution < 1.29 is 23.8 Å². The normalized spacial score (nSPS) is 10.3. The summed E-state index contributed by atoms with van der Waals surface area (Å²) in [5.41, 5.74) is 2.52. The van der Waals surface area contributed by atoms with Crippen molar-refractivity contribution in [2.75, 3.05) is 26.9 Å². The number of benzene rings is 2. The number of hydrogen-bond acceptors (Lipinski definition) is 5. The SMILES string of the molecule is CCCOc1c(Cl)cc(C(=O)OCC(=O)NCCc2ccccc2C)cc1OC. The third-order valence-electron chi connectivity index (χ3n) is 4.23. The summed E-state index contributed by atoms with van der Waals surface area (Å²) in [6.07, 6.45) is 1.51. The van der Waals surface area contributed by atoms with Gasteiger partial charge < -0.3 is 19.5 Å². The van der Waals surface area contributed by atoms with E-state index in [1.54, 1.807) is 0 Å². The van der Waals surface area contributed by atoms with Gasteiger partial charge in [0.05, 0.1) is 24.3 Å². The number of aryl methyl sites for hydroxylation is 1. The molecule has 0 aliphatic rings. The van der Waals surface area contributed by atoms with Gasteiger partial charge in [-0.15, -0.1) is 0 Å². The molecule has 1 amide bonds. The second kappa shape index (κ2) is 11.3. The van der Waals surface area contributed by atoms with Crippen LogP contribution in [0.25, 0.3) is 0 Å². The van der Waals surface area contributed by atoms with Gasteiger partial charge in [-0.2, -0.15) is 0 Å². The maximum Gasteiger partial charge on any atom is 0.338 e. The van der Waals surface area contributed by atoms with Crippen molar-refractivity contribution in [1.82, 2.24) is 5.32 Å². The van der Waals surface area contributed by atoms with Gasteiger partial charge >= 0.3 is 5.97 Å². The first-order chi connectivity index (χ1) is 14.0. The molecule has 0 fully saturated rings. The number of carbonyl (C=O) groups is 2. The molecule has 0 aliphatic carbocycles. The Bertz CT molecular complexity index is 853. The molecule has 2 aromatic carbocycles. The molecule has 2 rings (SSSR count). The zero-order valence-corrected chi connectivity index (χ0v) is 17.7. The van der Waals surface area contributed by atoms with Crippen LogP contribution >= 0.6 is 11.6 Å². The zero-order chi connectivity index (χ0) is 21.2. The van der Waals surface area contributed by atoms with E-state index in [1.165, 1.54) is 24.8 Å². The van der Waals surface area contributed by atoms with Crippen LogP contribution in [0.1, 0.15) is 34.8 Å². The van der Waals surface area contributed by atoms with Gasteiger partial charge in [-0.25, -0.2) is 4.79 Å². The van der Waals surface area contributed by atoms with E-state index in [0.29, 0.717) is 31.1 Å². The molecule has 156 valence electrons. The third kappa shape index (κ3) is 6.68. The van der Waals surface area contributed by atoms with E-state index >= 15 is 0 Å². The lowest BCUT2D eigenvalue weighted by Gasteiger charge is -2.13. The molecule has 2 aromatic rings. The fraction of sp³-hybridized carbons (Fsp3) is 0.364. The van der Waals surface area contributed by atoms with Crippen LogP contribution in [0.5, 0.6) is 11.5 Å². The van der Waals surface area contributed by atoms with E-state index < -0.39 is 5.97 Å². The highest BCUT2D eigenvalue weighted by Gasteiger charge is 2.17. The molecule has 0 unspecified atom stereocenters. The molecule has 0 aliphatic heterocycles. The highest BCUT2D eigenvalue weighted by Crippen LogP contribution is 2.36. The van der Waals surface area contributed by atoms with Gasteiger partial charge in [-0.05, 0) is 43.0 Å². The predicted molar refractivity (Wildman–Crippen MR) is 112 cm³/mol. The monoisotopic (exact) mass is 419 g/mol. The van der Waals surface area contributed by atoms with Crippen LogP contribution in [0.3, 0.4) is 0 Å². The summed E-state index contributed by atoms with van der Waals surface area (Å²) in [6, 6.07) is 10.9. The minimum atomic E-state index is -0.665. The van der Waals surface area contributed by atoms with Gasteiger partial charge in [0.2, 0.25) is 0 Å². The Morgan fingerprint density at radius 1 is 1.17 bits per heavy atom. The van der Waals surface area contributed by atoms with Crippen molar-refractivity contribution >= 4 is 23.5 Å². The van der Waals surface area contributed by atoms with Crippen molar-refractivity contribution in [3.05, 3.63) is 58.1 Å². The lowest BCUT2D eigenvalue weighted by Crippen LogP contribution is -2.30. The molecule has 0 saturated carbocycles. The molecule has 0 saturated heterocycles. The maximum atomic E-state index is 12.3. The summed E-state index contributed by atoms with van der Waals surface area (Å²) in [5, 5.41) is 2.99. The van der Waals surface area contributed by atoms with E-state index in [4.69, 9.17) is 25.8 Å². The summed E-state index contributed by atoms with van der Waals surface area (Å²) in [7, 11) is 1.46. The van der Waals surface area contributed by atoms with Gasteiger partial charge in [-0.3, -0.25) is 4.79 Å². The van der Waals surface area contributed by atoms with Crippen LogP contribution in [0.4, 0.5) is 0 Å². The average molecular weight is 420 g/mol. The van der Waals surface area contributed by atoms with Gasteiger partial charge in [-0.1, -0.05) is 42.8 Å². The van der Waals surface area contributed by atoms with Crippen molar-refractivity contribution in [2.45, 2.75) is 26.7 Å². The number of halogens is 1. The number of rotatable bonds is 10. The Morgan fingerprint density at radius 3 is 2.62 bits per heavy atom. The molecule has 0 heterocycles. The second-order valence-electron chi connectivity index (χ2n) is 6.44. The van der Waals surface area contributed by atoms with E-state index in [-0.39, 0.29) is 23.1 Å². The predicted octanol–water partition coefficient (Wildman–Crippen LogP) is 3.96. The minimum Gasteiger partial charge on any atom is -0.493 e. The first kappa shape index (κ1) is 22.6. The van der Waals surface area contributed by atoms with E-state index in [2.05, 4.69) is 5.32 Å². The van der Waals surface area contributed by atoms with Crippen LogP contribution in [-0.2, 0) is 16.0 Å². The van der Waals surface area contributed by atoms with Crippen molar-refractivity contribution in [2.24, 2.45) is 0 Å². The number of amides is 1. The topological polar surface area (TPSA) is 73.9 Å². The molecule has 0 spiro atoms. The molecule has 7 heteroatoms. The van der Waals surface area contributed by atoms with Crippen molar-refractivity contribution in [3.8, 4) is 11.5 Å². The zero-order valence-electron chi connectivity index (χ0n) is 16.9. The molecule has 1 N–H and O–H groups in total. The Balaban J connectivity index is 1.87. The summed E-state index contributed by atoms with van der Waals surface area (Å²) < 4.78 is 15.9. The number of nitrogens with one attached hydrogen (secondary N) is 1. The van der Waals surface area contributed by atoms with Gasteiger partial charge in [0.25, 0.3) is 5.91 Å². The number of hydrogen-bond donors (Lipinski definition) is 1. The highest BCUT2D eigenvalue weighted by atomic mass is 35.5. The minimum absolute atomic E-state index is 0.184. The van der Waals surface area contributed by atoms with Gasteiger partial charge in [0.1, 0.15) is 0 Å². The van der Waals surface area contributed by atoms with Crippen molar-refractivity contribution in [1.29, 1.82) is 0 Å². The quantitative estimate of drug-likeness (QED) is 0.590. The van der Waals surface area contributed by atoms with E-state index in [1.807, 2.05) is 38.1 Å². The summed E-state index contributed by atoms with van der Waals surface area (Å²) >= 11 is 6.20. The lowest BCUT2D eigenvalue weighted by atomic mass is 10.1. The Labute approximate surface area is 176 Å². The van der Waals surface area contributed by atoms with E-state index in [0.717, 1.165) is 12.0 Å². The van der Waals surface area contributed by atoms with Gasteiger partial charge in [0.15, 0.2) is 18.1 Å². The number of methoxy groups -OCH3 is 1. The van der Waals surface area contributed by atoms with Crippen LogP contribution in [0.15, 0.2) is 36.4 Å². The first-order valence-corrected chi connectivity index (χ1v) is 9.82. The highest BCUT2D eigenvalue weighted by molar-refractivity contribution is 6.32. The fourth-order valence-electron chi connectivity index (χ4n) is 2.67. The Hall–Kier alpha value is -2.73. The average Bonchev–Trinajstić information content (AvgIpc) is 2.72. The third-order valence-corrected chi connectivity index (χ3v) is 4.51. The van der Waals surface area contributed by atoms with Crippen LogP contribution in [-0.4, -0.2) is 38.7 Å². The number of esters is 1. The second-order valence-corrected chi connectivity index (χ2v) is 6.85. The summed E-state index contributed by atoms with van der Waals surface area (Å²) in [4.78, 5) is 24.2.